The number of halogens is 1. The van der Waals surface area contributed by atoms with Gasteiger partial charge < -0.3 is 14.8 Å². The Balaban J connectivity index is 1.67. The number of hydrogen-bond donors (Lipinski definition) is 1. The summed E-state index contributed by atoms with van der Waals surface area (Å²) in [7, 11) is 1.61. The fourth-order valence-electron chi connectivity index (χ4n) is 2.53. The van der Waals surface area contributed by atoms with Crippen LogP contribution in [0.15, 0.2) is 42.5 Å². The second-order valence-corrected chi connectivity index (χ2v) is 8.90. The lowest BCUT2D eigenvalue weighted by molar-refractivity contribution is -0.122. The number of anilines is 1. The highest BCUT2D eigenvalue weighted by Crippen LogP contribution is 2.47. The smallest absolute Gasteiger partial charge is 0.265 e. The van der Waals surface area contributed by atoms with Crippen LogP contribution in [0.2, 0.25) is 5.02 Å². The molecule has 0 radical (unpaired) electrons. The maximum absolute atomic E-state index is 12.4. The van der Waals surface area contributed by atoms with Crippen LogP contribution in [0.4, 0.5) is 5.69 Å². The van der Waals surface area contributed by atoms with Gasteiger partial charge in [-0.1, -0.05) is 23.7 Å². The predicted molar refractivity (Wildman–Crippen MR) is 111 cm³/mol. The number of hydrogen-bond acceptors (Lipinski definition) is 5. The molecule has 1 atom stereocenters. The van der Waals surface area contributed by atoms with Gasteiger partial charge in [-0.3, -0.25) is 4.79 Å². The Labute approximate surface area is 167 Å². The van der Waals surface area contributed by atoms with Crippen molar-refractivity contribution in [2.24, 2.45) is 0 Å². The summed E-state index contributed by atoms with van der Waals surface area (Å²) in [6.45, 7) is 1.70. The molecule has 1 aliphatic rings. The SMILES string of the molecule is COc1cc(C2SCCS2)ccc1O[C@@H](C)C(=O)Nc1cccc(Cl)c1. The summed E-state index contributed by atoms with van der Waals surface area (Å²) >= 11 is 9.81. The summed E-state index contributed by atoms with van der Waals surface area (Å²) in [6.07, 6.45) is -0.677. The molecule has 0 saturated carbocycles. The van der Waals surface area contributed by atoms with Crippen LogP contribution in [-0.2, 0) is 4.79 Å². The summed E-state index contributed by atoms with van der Waals surface area (Å²) in [5, 5.41) is 3.37. The van der Waals surface area contributed by atoms with Gasteiger partial charge >= 0.3 is 0 Å². The Morgan fingerprint density at radius 1 is 1.19 bits per heavy atom. The minimum atomic E-state index is -0.677. The molecule has 2 aromatic carbocycles. The summed E-state index contributed by atoms with van der Waals surface area (Å²) in [5.74, 6) is 3.27. The topological polar surface area (TPSA) is 47.6 Å². The largest absolute Gasteiger partial charge is 0.493 e. The van der Waals surface area contributed by atoms with Crippen molar-refractivity contribution in [1.29, 1.82) is 0 Å². The number of carbonyl (C=O) groups excluding carboxylic acids is 1. The van der Waals surface area contributed by atoms with E-state index in [-0.39, 0.29) is 5.91 Å². The Hall–Kier alpha value is -1.50. The van der Waals surface area contributed by atoms with E-state index in [1.165, 1.54) is 5.56 Å². The minimum Gasteiger partial charge on any atom is -0.493 e. The van der Waals surface area contributed by atoms with E-state index in [1.54, 1.807) is 38.3 Å². The molecule has 2 aromatic rings. The van der Waals surface area contributed by atoms with Crippen molar-refractivity contribution in [2.45, 2.75) is 17.6 Å². The van der Waals surface area contributed by atoms with Gasteiger partial charge in [0.05, 0.1) is 11.7 Å². The molecule has 1 aliphatic heterocycles. The molecule has 1 amide bonds. The number of amides is 1. The zero-order valence-electron chi connectivity index (χ0n) is 14.5. The first-order valence-corrected chi connectivity index (χ1v) is 10.7. The molecular formula is C19H20ClNO3S2. The van der Waals surface area contributed by atoms with Crippen LogP contribution in [0.1, 0.15) is 17.1 Å². The molecule has 0 unspecified atom stereocenters. The van der Waals surface area contributed by atoms with E-state index in [4.69, 9.17) is 21.1 Å². The lowest BCUT2D eigenvalue weighted by Gasteiger charge is -2.18. The van der Waals surface area contributed by atoms with E-state index in [0.29, 0.717) is 26.8 Å². The second kappa shape index (κ2) is 8.93. The second-order valence-electron chi connectivity index (χ2n) is 5.74. The van der Waals surface area contributed by atoms with Gasteiger partial charge in [-0.15, -0.1) is 23.5 Å². The van der Waals surface area contributed by atoms with Crippen molar-refractivity contribution in [1.82, 2.24) is 0 Å². The van der Waals surface area contributed by atoms with Crippen LogP contribution in [0.25, 0.3) is 0 Å². The molecule has 1 heterocycles. The summed E-state index contributed by atoms with van der Waals surface area (Å²) in [5.41, 5.74) is 1.84. The van der Waals surface area contributed by atoms with Crippen molar-refractivity contribution >= 4 is 46.7 Å². The monoisotopic (exact) mass is 409 g/mol. The fourth-order valence-corrected chi connectivity index (χ4v) is 5.56. The van der Waals surface area contributed by atoms with Gasteiger partial charge in [0, 0.05) is 22.2 Å². The molecule has 0 bridgehead atoms. The Morgan fingerprint density at radius 2 is 1.96 bits per heavy atom. The van der Waals surface area contributed by atoms with Crippen LogP contribution in [0.3, 0.4) is 0 Å². The number of benzene rings is 2. The van der Waals surface area contributed by atoms with Crippen molar-refractivity contribution in [3.8, 4) is 11.5 Å². The number of thioether (sulfide) groups is 2. The number of methoxy groups -OCH3 is 1. The molecule has 0 aromatic heterocycles. The molecule has 4 nitrogen and oxygen atoms in total. The van der Waals surface area contributed by atoms with Gasteiger partial charge in [-0.05, 0) is 42.8 Å². The minimum absolute atomic E-state index is 0.250. The molecule has 1 saturated heterocycles. The number of carbonyl (C=O) groups is 1. The number of ether oxygens (including phenoxy) is 2. The van der Waals surface area contributed by atoms with Gasteiger partial charge in [-0.25, -0.2) is 0 Å². The molecule has 3 rings (SSSR count). The molecular weight excluding hydrogens is 390 g/mol. The molecule has 26 heavy (non-hydrogen) atoms. The van der Waals surface area contributed by atoms with Gasteiger partial charge in [0.25, 0.3) is 5.91 Å². The maximum atomic E-state index is 12.4. The molecule has 0 spiro atoms. The van der Waals surface area contributed by atoms with E-state index in [1.807, 2.05) is 41.7 Å². The molecule has 138 valence electrons. The van der Waals surface area contributed by atoms with Crippen LogP contribution < -0.4 is 14.8 Å². The maximum Gasteiger partial charge on any atom is 0.265 e. The van der Waals surface area contributed by atoms with E-state index in [2.05, 4.69) is 5.32 Å². The third kappa shape index (κ3) is 4.81. The third-order valence-electron chi connectivity index (χ3n) is 3.85. The number of rotatable bonds is 6. The van der Waals surface area contributed by atoms with E-state index >= 15 is 0 Å². The molecule has 0 aliphatic carbocycles. The highest BCUT2D eigenvalue weighted by Gasteiger charge is 2.21. The first-order chi connectivity index (χ1) is 12.6. The fraction of sp³-hybridized carbons (Fsp3) is 0.316. The summed E-state index contributed by atoms with van der Waals surface area (Å²) in [6, 6.07) is 12.9. The van der Waals surface area contributed by atoms with E-state index in [0.717, 1.165) is 11.5 Å². The van der Waals surface area contributed by atoms with Crippen LogP contribution >= 0.6 is 35.1 Å². The van der Waals surface area contributed by atoms with Crippen molar-refractivity contribution in [3.05, 3.63) is 53.1 Å². The summed E-state index contributed by atoms with van der Waals surface area (Å²) < 4.78 is 11.7. The quantitative estimate of drug-likeness (QED) is 0.707. The van der Waals surface area contributed by atoms with Gasteiger partial charge in [0.2, 0.25) is 0 Å². The Bertz CT molecular complexity index is 781. The van der Waals surface area contributed by atoms with Crippen LogP contribution in [0, 0.1) is 0 Å². The first-order valence-electron chi connectivity index (χ1n) is 8.21. The van der Waals surface area contributed by atoms with E-state index < -0.39 is 6.10 Å². The molecule has 7 heteroatoms. The predicted octanol–water partition coefficient (Wildman–Crippen LogP) is 5.23. The average Bonchev–Trinajstić information content (AvgIpc) is 3.16. The normalized spacial score (nSPS) is 15.5. The third-order valence-corrected chi connectivity index (χ3v) is 7.19. The molecule has 1 fully saturated rings. The zero-order valence-corrected chi connectivity index (χ0v) is 16.9. The Kier molecular flexibility index (Phi) is 6.62. The van der Waals surface area contributed by atoms with E-state index in [9.17, 15) is 4.79 Å². The van der Waals surface area contributed by atoms with Gasteiger partial charge in [-0.2, -0.15) is 0 Å². The first kappa shape index (κ1) is 19.3. The highest BCUT2D eigenvalue weighted by atomic mass is 35.5. The zero-order chi connectivity index (χ0) is 18.5. The van der Waals surface area contributed by atoms with Crippen LogP contribution in [-0.4, -0.2) is 30.6 Å². The lowest BCUT2D eigenvalue weighted by atomic mass is 10.2. The van der Waals surface area contributed by atoms with Crippen LogP contribution in [0.5, 0.6) is 11.5 Å². The van der Waals surface area contributed by atoms with Gasteiger partial charge in [0.15, 0.2) is 17.6 Å². The van der Waals surface area contributed by atoms with Crippen molar-refractivity contribution in [2.75, 3.05) is 23.9 Å². The number of nitrogens with one attached hydrogen (secondary N) is 1. The summed E-state index contributed by atoms with van der Waals surface area (Å²) in [4.78, 5) is 12.4. The standard InChI is InChI=1S/C19H20ClNO3S2/c1-12(18(22)21-15-5-3-4-14(20)11-15)24-16-7-6-13(10-17(16)23-2)19-25-8-9-26-19/h3-7,10-12,19H,8-9H2,1-2H3,(H,21,22)/t12-/m0/s1. The Morgan fingerprint density at radius 3 is 2.65 bits per heavy atom. The van der Waals surface area contributed by atoms with Crippen molar-refractivity contribution < 1.29 is 14.3 Å². The molecule has 1 N–H and O–H groups in total. The van der Waals surface area contributed by atoms with Gasteiger partial charge in [0.1, 0.15) is 0 Å². The average molecular weight is 410 g/mol. The lowest BCUT2D eigenvalue weighted by Crippen LogP contribution is -2.30. The van der Waals surface area contributed by atoms with Crippen molar-refractivity contribution in [3.63, 3.8) is 0 Å². The highest BCUT2D eigenvalue weighted by molar-refractivity contribution is 8.19.